The molecule has 1 fully saturated rings. The number of nitrogens with zero attached hydrogens (tertiary/aromatic N) is 5. The molecule has 0 amide bonds. The number of likely N-dealkylation sites (tertiary alicyclic amines) is 1. The van der Waals surface area contributed by atoms with E-state index in [1.165, 1.54) is 4.68 Å². The first-order chi connectivity index (χ1) is 13.6. The summed E-state index contributed by atoms with van der Waals surface area (Å²) in [7, 11) is 1.62. The molecule has 4 rings (SSSR count). The van der Waals surface area contributed by atoms with Crippen molar-refractivity contribution in [3.63, 3.8) is 0 Å². The van der Waals surface area contributed by atoms with E-state index in [4.69, 9.17) is 4.74 Å². The third kappa shape index (κ3) is 3.96. The van der Waals surface area contributed by atoms with Crippen LogP contribution in [0.25, 0.3) is 5.69 Å². The Kier molecular flexibility index (Phi) is 5.21. The van der Waals surface area contributed by atoms with Crippen LogP contribution in [0.15, 0.2) is 41.3 Å². The van der Waals surface area contributed by atoms with E-state index in [0.29, 0.717) is 12.2 Å². The largest absolute Gasteiger partial charge is 0.497 e. The Morgan fingerprint density at radius 1 is 1.25 bits per heavy atom. The molecule has 0 aliphatic carbocycles. The highest BCUT2D eigenvalue weighted by atomic mass is 16.5. The Labute approximate surface area is 163 Å². The lowest BCUT2D eigenvalue weighted by Crippen LogP contribution is -2.35. The fourth-order valence-corrected chi connectivity index (χ4v) is 3.62. The quantitative estimate of drug-likeness (QED) is 0.729. The van der Waals surface area contributed by atoms with Crippen molar-refractivity contribution in [3.8, 4) is 11.4 Å². The standard InChI is InChI=1S/C20H24N6O2/c1-14-9-10-21-18(22-14)13-25-11-3-4-15(12-25)19-23-20(27)26(24-19)16-5-7-17(28-2)8-6-16/h5-10,15H,3-4,11-13H2,1-2H3,(H,23,24,27)/t15-/m0/s1. The van der Waals surface area contributed by atoms with Crippen LogP contribution in [0.5, 0.6) is 5.75 Å². The Balaban J connectivity index is 1.50. The molecule has 3 aromatic rings. The van der Waals surface area contributed by atoms with Crippen LogP contribution < -0.4 is 10.4 Å². The molecule has 8 nitrogen and oxygen atoms in total. The molecular formula is C20H24N6O2. The molecule has 1 saturated heterocycles. The van der Waals surface area contributed by atoms with Crippen molar-refractivity contribution in [3.05, 3.63) is 64.4 Å². The first kappa shape index (κ1) is 18.4. The number of ether oxygens (including phenoxy) is 1. The summed E-state index contributed by atoms with van der Waals surface area (Å²) in [4.78, 5) is 26.6. The summed E-state index contributed by atoms with van der Waals surface area (Å²) in [6.45, 7) is 4.51. The highest BCUT2D eigenvalue weighted by Crippen LogP contribution is 2.25. The molecule has 0 unspecified atom stereocenters. The van der Waals surface area contributed by atoms with Crippen LogP contribution in [0.2, 0.25) is 0 Å². The van der Waals surface area contributed by atoms with Crippen molar-refractivity contribution in [2.75, 3.05) is 20.2 Å². The van der Waals surface area contributed by atoms with Gasteiger partial charge in [0.15, 0.2) is 0 Å². The van der Waals surface area contributed by atoms with E-state index in [9.17, 15) is 4.79 Å². The SMILES string of the molecule is COc1ccc(-n2nc([C@H]3CCCN(Cc4nccc(C)n4)C3)[nH]c2=O)cc1. The molecule has 0 radical (unpaired) electrons. The summed E-state index contributed by atoms with van der Waals surface area (Å²) in [5, 5.41) is 4.56. The Morgan fingerprint density at radius 2 is 2.07 bits per heavy atom. The van der Waals surface area contributed by atoms with Crippen LogP contribution in [0.3, 0.4) is 0 Å². The average molecular weight is 380 g/mol. The van der Waals surface area contributed by atoms with E-state index < -0.39 is 0 Å². The number of aromatic amines is 1. The first-order valence-corrected chi connectivity index (χ1v) is 9.47. The maximum absolute atomic E-state index is 12.4. The van der Waals surface area contributed by atoms with Gasteiger partial charge in [-0.25, -0.2) is 14.8 Å². The zero-order chi connectivity index (χ0) is 19.5. The van der Waals surface area contributed by atoms with Gasteiger partial charge in [0.25, 0.3) is 0 Å². The van der Waals surface area contributed by atoms with Crippen molar-refractivity contribution in [1.29, 1.82) is 0 Å². The number of aryl methyl sites for hydroxylation is 1. The van der Waals surface area contributed by atoms with Crippen molar-refractivity contribution in [2.45, 2.75) is 32.2 Å². The molecule has 3 heterocycles. The lowest BCUT2D eigenvalue weighted by molar-refractivity contribution is 0.192. The Bertz CT molecular complexity index is 994. The van der Waals surface area contributed by atoms with Crippen LogP contribution in [0.1, 0.15) is 36.1 Å². The van der Waals surface area contributed by atoms with Gasteiger partial charge in [-0.2, -0.15) is 4.68 Å². The summed E-state index contributed by atoms with van der Waals surface area (Å²) in [6, 6.07) is 9.19. The second-order valence-electron chi connectivity index (χ2n) is 7.11. The lowest BCUT2D eigenvalue weighted by atomic mass is 9.97. The van der Waals surface area contributed by atoms with Gasteiger partial charge < -0.3 is 4.74 Å². The highest BCUT2D eigenvalue weighted by Gasteiger charge is 2.25. The van der Waals surface area contributed by atoms with Gasteiger partial charge in [-0.15, -0.1) is 5.10 Å². The molecule has 2 aromatic heterocycles. The topological polar surface area (TPSA) is 88.9 Å². The second kappa shape index (κ2) is 7.93. The number of hydrogen-bond donors (Lipinski definition) is 1. The second-order valence-corrected chi connectivity index (χ2v) is 7.11. The summed E-state index contributed by atoms with van der Waals surface area (Å²) >= 11 is 0. The number of H-pyrrole nitrogens is 1. The van der Waals surface area contributed by atoms with E-state index in [-0.39, 0.29) is 11.6 Å². The van der Waals surface area contributed by atoms with Crippen LogP contribution in [-0.4, -0.2) is 49.8 Å². The minimum Gasteiger partial charge on any atom is -0.497 e. The fourth-order valence-electron chi connectivity index (χ4n) is 3.62. The van der Waals surface area contributed by atoms with Gasteiger partial charge in [-0.3, -0.25) is 9.88 Å². The van der Waals surface area contributed by atoms with Gasteiger partial charge in [0.1, 0.15) is 17.4 Å². The third-order valence-electron chi connectivity index (χ3n) is 5.05. The molecular weight excluding hydrogens is 356 g/mol. The molecule has 146 valence electrons. The van der Waals surface area contributed by atoms with Crippen LogP contribution >= 0.6 is 0 Å². The summed E-state index contributed by atoms with van der Waals surface area (Å²) < 4.78 is 6.59. The van der Waals surface area contributed by atoms with Crippen LogP contribution in [0, 0.1) is 6.92 Å². The van der Waals surface area contributed by atoms with Crippen molar-refractivity contribution in [2.24, 2.45) is 0 Å². The van der Waals surface area contributed by atoms with Crippen LogP contribution in [0.4, 0.5) is 0 Å². The molecule has 1 aliphatic rings. The Morgan fingerprint density at radius 3 is 2.82 bits per heavy atom. The molecule has 0 saturated carbocycles. The summed E-state index contributed by atoms with van der Waals surface area (Å²) in [6.07, 6.45) is 3.85. The third-order valence-corrected chi connectivity index (χ3v) is 5.05. The predicted octanol–water partition coefficient (Wildman–Crippen LogP) is 2.05. The van der Waals surface area contributed by atoms with Gasteiger partial charge in [-0.05, 0) is 56.6 Å². The molecule has 1 aliphatic heterocycles. The number of methoxy groups -OCH3 is 1. The lowest BCUT2D eigenvalue weighted by Gasteiger charge is -2.30. The van der Waals surface area contributed by atoms with Gasteiger partial charge in [0.2, 0.25) is 0 Å². The zero-order valence-electron chi connectivity index (χ0n) is 16.1. The number of piperidine rings is 1. The summed E-state index contributed by atoms with van der Waals surface area (Å²) in [5.41, 5.74) is 1.47. The molecule has 0 spiro atoms. The molecule has 1 aromatic carbocycles. The highest BCUT2D eigenvalue weighted by molar-refractivity contribution is 5.36. The minimum absolute atomic E-state index is 0.186. The number of hydrogen-bond acceptors (Lipinski definition) is 6. The Hall–Kier alpha value is -3.00. The molecule has 1 atom stereocenters. The van der Waals surface area contributed by atoms with Crippen molar-refractivity contribution < 1.29 is 4.74 Å². The molecule has 1 N–H and O–H groups in total. The maximum Gasteiger partial charge on any atom is 0.348 e. The molecule has 0 bridgehead atoms. The minimum atomic E-state index is -0.223. The van der Waals surface area contributed by atoms with E-state index >= 15 is 0 Å². The van der Waals surface area contributed by atoms with Gasteiger partial charge in [0.05, 0.1) is 19.3 Å². The zero-order valence-corrected chi connectivity index (χ0v) is 16.1. The molecule has 8 heteroatoms. The number of nitrogens with one attached hydrogen (secondary N) is 1. The van der Waals surface area contributed by atoms with Crippen molar-refractivity contribution in [1.82, 2.24) is 29.6 Å². The van der Waals surface area contributed by atoms with E-state index in [1.807, 2.05) is 37.3 Å². The number of aromatic nitrogens is 5. The predicted molar refractivity (Wildman–Crippen MR) is 105 cm³/mol. The first-order valence-electron chi connectivity index (χ1n) is 9.47. The van der Waals surface area contributed by atoms with Crippen molar-refractivity contribution >= 4 is 0 Å². The van der Waals surface area contributed by atoms with E-state index in [2.05, 4.69) is 25.0 Å². The number of rotatable bonds is 5. The molecule has 28 heavy (non-hydrogen) atoms. The fraction of sp³-hybridized carbons (Fsp3) is 0.400. The smallest absolute Gasteiger partial charge is 0.348 e. The average Bonchev–Trinajstić information content (AvgIpc) is 3.10. The van der Waals surface area contributed by atoms with E-state index in [0.717, 1.165) is 49.0 Å². The normalized spacial score (nSPS) is 17.6. The number of benzene rings is 1. The van der Waals surface area contributed by atoms with Gasteiger partial charge in [-0.1, -0.05) is 0 Å². The summed E-state index contributed by atoms with van der Waals surface area (Å²) in [5.74, 6) is 2.49. The van der Waals surface area contributed by atoms with Gasteiger partial charge >= 0.3 is 5.69 Å². The maximum atomic E-state index is 12.4. The van der Waals surface area contributed by atoms with Gasteiger partial charge in [0, 0.05) is 24.4 Å². The van der Waals surface area contributed by atoms with E-state index in [1.54, 1.807) is 13.3 Å². The van der Waals surface area contributed by atoms with Crippen LogP contribution in [-0.2, 0) is 6.54 Å². The monoisotopic (exact) mass is 380 g/mol.